The number of benzene rings is 1. The molecule has 0 N–H and O–H groups in total. The zero-order valence-electron chi connectivity index (χ0n) is 12.5. The van der Waals surface area contributed by atoms with Gasteiger partial charge in [0.15, 0.2) is 0 Å². The van der Waals surface area contributed by atoms with Gasteiger partial charge in [0.1, 0.15) is 0 Å². The Kier molecular flexibility index (Phi) is 4.25. The van der Waals surface area contributed by atoms with Crippen molar-refractivity contribution >= 4 is 5.91 Å². The summed E-state index contributed by atoms with van der Waals surface area (Å²) >= 11 is 0. The molecular weight excluding hydrogens is 295 g/mol. The molecule has 1 heterocycles. The molecule has 4 nitrogen and oxygen atoms in total. The molecule has 0 aliphatic rings. The predicted molar refractivity (Wildman–Crippen MR) is 75.2 cm³/mol. The molecule has 0 aliphatic carbocycles. The maximum Gasteiger partial charge on any atom is 0.416 e. The van der Waals surface area contributed by atoms with Crippen LogP contribution in [-0.2, 0) is 19.8 Å². The van der Waals surface area contributed by atoms with Crippen LogP contribution in [-0.4, -0.2) is 27.6 Å². The standard InChI is InChI=1S/C15H16F3N3O/c1-10-12(9-21(3)19-10)8-20(2)14(22)11-4-6-13(7-5-11)15(16,17)18/h4-7,9H,8H2,1-3H3. The molecule has 0 saturated carbocycles. The van der Waals surface area contributed by atoms with Gasteiger partial charge in [-0.25, -0.2) is 0 Å². The molecule has 1 aromatic carbocycles. The lowest BCUT2D eigenvalue weighted by molar-refractivity contribution is -0.137. The van der Waals surface area contributed by atoms with Gasteiger partial charge in [-0.3, -0.25) is 9.48 Å². The minimum absolute atomic E-state index is 0.219. The largest absolute Gasteiger partial charge is 0.416 e. The van der Waals surface area contributed by atoms with Gasteiger partial charge in [-0.1, -0.05) is 0 Å². The van der Waals surface area contributed by atoms with Crippen LogP contribution in [0.4, 0.5) is 13.2 Å². The van der Waals surface area contributed by atoms with Crippen LogP contribution in [0.5, 0.6) is 0 Å². The van der Waals surface area contributed by atoms with Gasteiger partial charge in [-0.05, 0) is 31.2 Å². The van der Waals surface area contributed by atoms with Crippen LogP contribution in [0.15, 0.2) is 30.5 Å². The van der Waals surface area contributed by atoms with Crippen molar-refractivity contribution < 1.29 is 18.0 Å². The number of carbonyl (C=O) groups is 1. The van der Waals surface area contributed by atoms with Gasteiger partial charge in [0, 0.05) is 38.0 Å². The summed E-state index contributed by atoms with van der Waals surface area (Å²) in [6.45, 7) is 2.19. The summed E-state index contributed by atoms with van der Waals surface area (Å²) in [7, 11) is 3.39. The van der Waals surface area contributed by atoms with Crippen LogP contribution in [0, 0.1) is 6.92 Å². The summed E-state index contributed by atoms with van der Waals surface area (Å²) in [5.41, 5.74) is 1.16. The number of amides is 1. The normalized spacial score (nSPS) is 11.5. The number of aromatic nitrogens is 2. The predicted octanol–water partition coefficient (Wildman–Crippen LogP) is 3.02. The zero-order valence-corrected chi connectivity index (χ0v) is 12.5. The van der Waals surface area contributed by atoms with E-state index in [2.05, 4.69) is 5.10 Å². The van der Waals surface area contributed by atoms with Crippen molar-refractivity contribution in [2.24, 2.45) is 7.05 Å². The van der Waals surface area contributed by atoms with Gasteiger partial charge < -0.3 is 4.90 Å². The van der Waals surface area contributed by atoms with Crippen molar-refractivity contribution in [3.8, 4) is 0 Å². The molecule has 0 unspecified atom stereocenters. The smallest absolute Gasteiger partial charge is 0.337 e. The molecule has 0 bridgehead atoms. The second kappa shape index (κ2) is 5.82. The van der Waals surface area contributed by atoms with Gasteiger partial charge in [0.25, 0.3) is 5.91 Å². The van der Waals surface area contributed by atoms with Crippen molar-refractivity contribution in [1.29, 1.82) is 0 Å². The van der Waals surface area contributed by atoms with E-state index in [0.29, 0.717) is 6.54 Å². The molecule has 0 atom stereocenters. The summed E-state index contributed by atoms with van der Waals surface area (Å²) in [5.74, 6) is -0.336. The van der Waals surface area contributed by atoms with E-state index in [1.165, 1.54) is 17.0 Å². The van der Waals surface area contributed by atoms with Crippen LogP contribution in [0.2, 0.25) is 0 Å². The van der Waals surface area contributed by atoms with Crippen molar-refractivity contribution in [2.45, 2.75) is 19.6 Å². The molecule has 0 spiro atoms. The number of nitrogens with zero attached hydrogens (tertiary/aromatic N) is 3. The summed E-state index contributed by atoms with van der Waals surface area (Å²) in [6, 6.07) is 4.21. The van der Waals surface area contributed by atoms with Crippen LogP contribution in [0.1, 0.15) is 27.2 Å². The van der Waals surface area contributed by atoms with E-state index in [0.717, 1.165) is 23.4 Å². The van der Waals surface area contributed by atoms with E-state index in [4.69, 9.17) is 0 Å². The van der Waals surface area contributed by atoms with Crippen LogP contribution in [0.25, 0.3) is 0 Å². The van der Waals surface area contributed by atoms with Gasteiger partial charge in [0.2, 0.25) is 0 Å². The number of carbonyl (C=O) groups excluding carboxylic acids is 1. The first kappa shape index (κ1) is 16.1. The van der Waals surface area contributed by atoms with E-state index >= 15 is 0 Å². The third-order valence-corrected chi connectivity index (χ3v) is 3.33. The fraction of sp³-hybridized carbons (Fsp3) is 0.333. The lowest BCUT2D eigenvalue weighted by Gasteiger charge is -2.17. The maximum atomic E-state index is 12.5. The van der Waals surface area contributed by atoms with E-state index < -0.39 is 11.7 Å². The summed E-state index contributed by atoms with van der Waals surface area (Å²) in [5, 5.41) is 4.19. The number of alkyl halides is 3. The highest BCUT2D eigenvalue weighted by Gasteiger charge is 2.30. The highest BCUT2D eigenvalue weighted by atomic mass is 19.4. The molecule has 7 heteroatoms. The van der Waals surface area contributed by atoms with Crippen molar-refractivity contribution in [2.75, 3.05) is 7.05 Å². The Balaban J connectivity index is 2.12. The molecule has 0 fully saturated rings. The van der Waals surface area contributed by atoms with Crippen molar-refractivity contribution in [3.63, 3.8) is 0 Å². The SMILES string of the molecule is Cc1nn(C)cc1CN(C)C(=O)c1ccc(C(F)(F)F)cc1. The van der Waals surface area contributed by atoms with Crippen LogP contribution in [0.3, 0.4) is 0 Å². The number of aryl methyl sites for hydroxylation is 2. The quantitative estimate of drug-likeness (QED) is 0.874. The first-order valence-corrected chi connectivity index (χ1v) is 6.60. The van der Waals surface area contributed by atoms with E-state index in [1.54, 1.807) is 18.8 Å². The fourth-order valence-corrected chi connectivity index (χ4v) is 2.15. The molecule has 0 radical (unpaired) electrons. The highest BCUT2D eigenvalue weighted by molar-refractivity contribution is 5.94. The third-order valence-electron chi connectivity index (χ3n) is 3.33. The average molecular weight is 311 g/mol. The number of hydrogen-bond donors (Lipinski definition) is 0. The minimum Gasteiger partial charge on any atom is -0.337 e. The Bertz CT molecular complexity index is 674. The van der Waals surface area contributed by atoms with Crippen LogP contribution < -0.4 is 0 Å². The Morgan fingerprint density at radius 1 is 1.27 bits per heavy atom. The summed E-state index contributed by atoms with van der Waals surface area (Å²) in [4.78, 5) is 13.7. The first-order valence-electron chi connectivity index (χ1n) is 6.60. The molecule has 118 valence electrons. The monoisotopic (exact) mass is 311 g/mol. The first-order chi connectivity index (χ1) is 10.2. The Labute approximate surface area is 126 Å². The van der Waals surface area contributed by atoms with Gasteiger partial charge >= 0.3 is 6.18 Å². The van der Waals surface area contributed by atoms with Gasteiger partial charge in [-0.15, -0.1) is 0 Å². The van der Waals surface area contributed by atoms with Gasteiger partial charge in [0.05, 0.1) is 11.3 Å². The molecule has 2 aromatic rings. The molecule has 2 rings (SSSR count). The number of hydrogen-bond acceptors (Lipinski definition) is 2. The van der Waals surface area contributed by atoms with Crippen molar-refractivity contribution in [1.82, 2.24) is 14.7 Å². The lowest BCUT2D eigenvalue weighted by Crippen LogP contribution is -2.26. The van der Waals surface area contributed by atoms with Crippen molar-refractivity contribution in [3.05, 3.63) is 52.8 Å². The van der Waals surface area contributed by atoms with E-state index in [9.17, 15) is 18.0 Å². The summed E-state index contributed by atoms with van der Waals surface area (Å²) < 4.78 is 39.2. The second-order valence-electron chi connectivity index (χ2n) is 5.15. The second-order valence-corrected chi connectivity index (χ2v) is 5.15. The zero-order chi connectivity index (χ0) is 16.5. The highest BCUT2D eigenvalue weighted by Crippen LogP contribution is 2.29. The summed E-state index contributed by atoms with van der Waals surface area (Å²) in [6.07, 6.45) is -2.59. The molecule has 0 saturated heterocycles. The maximum absolute atomic E-state index is 12.5. The molecule has 1 aromatic heterocycles. The fourth-order valence-electron chi connectivity index (χ4n) is 2.15. The number of rotatable bonds is 3. The van der Waals surface area contributed by atoms with Crippen LogP contribution >= 0.6 is 0 Å². The topological polar surface area (TPSA) is 38.1 Å². The van der Waals surface area contributed by atoms with E-state index in [1.807, 2.05) is 13.1 Å². The molecular formula is C15H16F3N3O. The average Bonchev–Trinajstić information content (AvgIpc) is 2.75. The van der Waals surface area contributed by atoms with E-state index in [-0.39, 0.29) is 11.5 Å². The minimum atomic E-state index is -4.40. The Hall–Kier alpha value is -2.31. The Morgan fingerprint density at radius 3 is 2.32 bits per heavy atom. The molecule has 22 heavy (non-hydrogen) atoms. The third kappa shape index (κ3) is 3.47. The number of halogens is 3. The van der Waals surface area contributed by atoms with Gasteiger partial charge in [-0.2, -0.15) is 18.3 Å². The molecule has 1 amide bonds. The Morgan fingerprint density at radius 2 is 1.86 bits per heavy atom. The lowest BCUT2D eigenvalue weighted by atomic mass is 10.1. The molecule has 0 aliphatic heterocycles.